The molecular weight excluding hydrogens is 476 g/mol. The molecule has 37 heavy (non-hydrogen) atoms. The number of aryl methyl sites for hydroxylation is 1. The lowest BCUT2D eigenvalue weighted by atomic mass is 9.93. The van der Waals surface area contributed by atoms with Crippen LogP contribution in [0, 0.1) is 24.5 Å². The van der Waals surface area contributed by atoms with Crippen molar-refractivity contribution >= 4 is 22.8 Å². The lowest BCUT2D eigenvalue weighted by molar-refractivity contribution is 0.104. The number of imidazole rings is 1. The highest BCUT2D eigenvalue weighted by Crippen LogP contribution is 2.31. The average molecular weight is 508 g/mol. The summed E-state index contributed by atoms with van der Waals surface area (Å²) in [6, 6.07) is 6.53. The normalized spacial score (nSPS) is 17.2. The van der Waals surface area contributed by atoms with Gasteiger partial charge in [-0.25, -0.2) is 28.7 Å². The number of aliphatic hydroxyl groups excluding tert-OH is 1. The van der Waals surface area contributed by atoms with Crippen LogP contribution in [0.5, 0.6) is 0 Å². The van der Waals surface area contributed by atoms with Crippen molar-refractivity contribution < 1.29 is 13.9 Å². The summed E-state index contributed by atoms with van der Waals surface area (Å²) in [6.45, 7) is 7.54. The molecule has 4 heterocycles. The van der Waals surface area contributed by atoms with Crippen LogP contribution in [0.2, 0.25) is 0 Å². The summed E-state index contributed by atoms with van der Waals surface area (Å²) < 4.78 is 31.6. The Labute approximate surface area is 214 Å². The van der Waals surface area contributed by atoms with Crippen LogP contribution in [0.3, 0.4) is 0 Å². The third-order valence-corrected chi connectivity index (χ3v) is 6.86. The third kappa shape index (κ3) is 5.17. The molecule has 4 aromatic rings. The maximum Gasteiger partial charge on any atom is 0.229 e. The zero-order valence-corrected chi connectivity index (χ0v) is 21.2. The molecule has 1 fully saturated rings. The van der Waals surface area contributed by atoms with E-state index in [1.807, 2.05) is 31.4 Å². The number of nitrogens with one attached hydrogen (secondary N) is 2. The van der Waals surface area contributed by atoms with Crippen LogP contribution in [-0.4, -0.2) is 42.7 Å². The number of fused-ring (bicyclic) bond motifs is 1. The summed E-state index contributed by atoms with van der Waals surface area (Å²) in [4.78, 5) is 17.1. The van der Waals surface area contributed by atoms with Crippen molar-refractivity contribution in [2.75, 3.05) is 18.4 Å². The van der Waals surface area contributed by atoms with Crippen molar-refractivity contribution in [3.63, 3.8) is 0 Å². The van der Waals surface area contributed by atoms with E-state index in [4.69, 9.17) is 0 Å². The molecule has 1 aliphatic rings. The van der Waals surface area contributed by atoms with Crippen LogP contribution in [-0.2, 0) is 0 Å². The molecule has 0 amide bonds. The highest BCUT2D eigenvalue weighted by molar-refractivity contribution is 5.83. The van der Waals surface area contributed by atoms with Crippen LogP contribution in [0.4, 0.5) is 20.5 Å². The molecule has 0 radical (unpaired) electrons. The first kappa shape index (κ1) is 25.2. The van der Waals surface area contributed by atoms with Gasteiger partial charge in [-0.05, 0) is 63.9 Å². The fourth-order valence-electron chi connectivity index (χ4n) is 5.04. The maximum absolute atomic E-state index is 14.9. The lowest BCUT2D eigenvalue weighted by Crippen LogP contribution is -2.25. The molecular formula is C27H31F2N7O. The molecule has 0 aliphatic carbocycles. The zero-order chi connectivity index (χ0) is 26.1. The molecule has 0 bridgehead atoms. The molecule has 0 saturated carbocycles. The van der Waals surface area contributed by atoms with Crippen LogP contribution in [0.15, 0.2) is 36.7 Å². The molecule has 3 aromatic heterocycles. The summed E-state index contributed by atoms with van der Waals surface area (Å²) in [5.41, 5.74) is 1.82. The first-order valence-corrected chi connectivity index (χ1v) is 12.6. The van der Waals surface area contributed by atoms with E-state index in [1.165, 1.54) is 6.07 Å². The Hall–Kier alpha value is -3.50. The number of rotatable bonds is 6. The topological polar surface area (TPSA) is 101 Å². The Kier molecular flexibility index (Phi) is 7.12. The molecule has 5 rings (SSSR count). The minimum absolute atomic E-state index is 0.0274. The van der Waals surface area contributed by atoms with Crippen molar-refractivity contribution in [3.8, 4) is 11.3 Å². The Bertz CT molecular complexity index is 1400. The van der Waals surface area contributed by atoms with E-state index in [0.29, 0.717) is 17.2 Å². The van der Waals surface area contributed by atoms with Crippen LogP contribution in [0.25, 0.3) is 22.3 Å². The fraction of sp³-hybridized carbons (Fsp3) is 0.407. The van der Waals surface area contributed by atoms with Gasteiger partial charge in [-0.1, -0.05) is 12.5 Å². The second kappa shape index (κ2) is 10.5. The zero-order valence-electron chi connectivity index (χ0n) is 21.2. The summed E-state index contributed by atoms with van der Waals surface area (Å²) in [7, 11) is 0. The Morgan fingerprint density at radius 1 is 1.08 bits per heavy atom. The number of hydrogen-bond acceptors (Lipinski definition) is 7. The lowest BCUT2D eigenvalue weighted by Gasteiger charge is -2.21. The number of hydrogen-bond donors (Lipinski definition) is 3. The molecule has 3 N–H and O–H groups in total. The quantitative estimate of drug-likeness (QED) is 0.329. The van der Waals surface area contributed by atoms with E-state index in [-0.39, 0.29) is 34.7 Å². The van der Waals surface area contributed by atoms with E-state index in [9.17, 15) is 13.9 Å². The van der Waals surface area contributed by atoms with Gasteiger partial charge in [0, 0.05) is 30.3 Å². The van der Waals surface area contributed by atoms with E-state index in [1.54, 1.807) is 18.3 Å². The predicted molar refractivity (Wildman–Crippen MR) is 138 cm³/mol. The van der Waals surface area contributed by atoms with E-state index in [0.717, 1.165) is 44.1 Å². The number of halogens is 2. The Morgan fingerprint density at radius 3 is 2.68 bits per heavy atom. The molecule has 0 spiro atoms. The first-order valence-electron chi connectivity index (χ1n) is 12.6. The monoisotopic (exact) mass is 507 g/mol. The smallest absolute Gasteiger partial charge is 0.229 e. The number of pyridine rings is 1. The summed E-state index contributed by atoms with van der Waals surface area (Å²) in [5, 5.41) is 17.1. The van der Waals surface area contributed by atoms with Gasteiger partial charge in [-0.15, -0.1) is 0 Å². The van der Waals surface area contributed by atoms with Gasteiger partial charge in [-0.2, -0.15) is 0 Å². The van der Waals surface area contributed by atoms with E-state index in [2.05, 4.69) is 30.6 Å². The second-order valence-electron chi connectivity index (χ2n) is 9.85. The van der Waals surface area contributed by atoms with Gasteiger partial charge in [0.1, 0.15) is 22.9 Å². The molecule has 2 atom stereocenters. The number of aliphatic hydroxyl groups is 1. The fourth-order valence-corrected chi connectivity index (χ4v) is 5.04. The van der Waals surface area contributed by atoms with Gasteiger partial charge in [0.05, 0.1) is 17.8 Å². The number of nitrogens with zero attached hydrogens (tertiary/aromatic N) is 5. The molecule has 8 nitrogen and oxygen atoms in total. The minimum atomic E-state index is -0.667. The van der Waals surface area contributed by atoms with Crippen molar-refractivity contribution in [2.45, 2.75) is 52.2 Å². The number of aromatic nitrogens is 5. The van der Waals surface area contributed by atoms with Crippen molar-refractivity contribution in [1.82, 2.24) is 29.8 Å². The maximum atomic E-state index is 14.9. The molecule has 1 aliphatic heterocycles. The second-order valence-corrected chi connectivity index (χ2v) is 9.85. The summed E-state index contributed by atoms with van der Waals surface area (Å²) in [5.74, 6) is 0.185. The Balaban J connectivity index is 1.40. The highest BCUT2D eigenvalue weighted by atomic mass is 19.1. The van der Waals surface area contributed by atoms with E-state index >= 15 is 0 Å². The van der Waals surface area contributed by atoms with Crippen molar-refractivity contribution in [1.29, 1.82) is 0 Å². The Morgan fingerprint density at radius 2 is 1.92 bits per heavy atom. The molecule has 1 saturated heterocycles. The molecule has 10 heteroatoms. The van der Waals surface area contributed by atoms with Crippen molar-refractivity contribution in [2.24, 2.45) is 5.92 Å². The van der Waals surface area contributed by atoms with Gasteiger partial charge in [-0.3, -0.25) is 0 Å². The molecule has 0 unspecified atom stereocenters. The minimum Gasteiger partial charge on any atom is -0.388 e. The number of anilines is 2. The van der Waals surface area contributed by atoms with Gasteiger partial charge in [0.25, 0.3) is 0 Å². The van der Waals surface area contributed by atoms with Gasteiger partial charge in [0.2, 0.25) is 5.95 Å². The van der Waals surface area contributed by atoms with Crippen LogP contribution >= 0.6 is 0 Å². The molecule has 1 aromatic carbocycles. The van der Waals surface area contributed by atoms with E-state index < -0.39 is 17.7 Å². The third-order valence-electron chi connectivity index (χ3n) is 6.86. The number of benzene rings is 1. The van der Waals surface area contributed by atoms with Gasteiger partial charge in [0.15, 0.2) is 11.6 Å². The van der Waals surface area contributed by atoms with Gasteiger partial charge >= 0.3 is 0 Å². The first-order chi connectivity index (χ1) is 17.8. The SMILES string of the molecule is Cc1nc2c(F)cc(-c3nc(Nc4ccc([C@H](O)[C@H]5CCCCNC5)cn4)ncc3F)cc2n1C(C)C. The largest absolute Gasteiger partial charge is 0.388 e. The van der Waals surface area contributed by atoms with Gasteiger partial charge < -0.3 is 20.3 Å². The van der Waals surface area contributed by atoms with Crippen molar-refractivity contribution in [3.05, 3.63) is 59.7 Å². The predicted octanol–water partition coefficient (Wildman–Crippen LogP) is 5.22. The average Bonchev–Trinajstić information content (AvgIpc) is 3.03. The summed E-state index contributed by atoms with van der Waals surface area (Å²) in [6.07, 6.45) is 5.24. The summed E-state index contributed by atoms with van der Waals surface area (Å²) >= 11 is 0. The van der Waals surface area contributed by atoms with Crippen LogP contribution in [0.1, 0.15) is 56.6 Å². The standard InChI is InChI=1S/C27H31F2N7O/c1-15(2)36-16(3)33-25-20(28)10-19(11-22(25)36)24-21(29)14-32-27(35-24)34-23-8-7-18(13-31-23)26(37)17-6-4-5-9-30-12-17/h7-8,10-11,13-15,17,26,30,37H,4-6,9,12H2,1-3H3,(H,31,32,34,35)/t17-,26+/m0/s1. The van der Waals surface area contributed by atoms with Crippen LogP contribution < -0.4 is 10.6 Å². The molecule has 194 valence electrons. The highest BCUT2D eigenvalue weighted by Gasteiger charge is 2.23.